The molecule has 0 saturated carbocycles. The molecule has 0 aromatic heterocycles. The van der Waals surface area contributed by atoms with Crippen molar-refractivity contribution in [2.24, 2.45) is 5.41 Å². The van der Waals surface area contributed by atoms with Crippen molar-refractivity contribution in [3.63, 3.8) is 0 Å². The van der Waals surface area contributed by atoms with Gasteiger partial charge in [0.15, 0.2) is 6.10 Å². The average Bonchev–Trinajstić information content (AvgIpc) is 3.20. The fourth-order valence-electron chi connectivity index (χ4n) is 5.37. The Morgan fingerprint density at radius 3 is 2.30 bits per heavy atom. The molecule has 11 heteroatoms. The molecule has 1 aliphatic rings. The van der Waals surface area contributed by atoms with Gasteiger partial charge in [-0.3, -0.25) is 14.4 Å². The van der Waals surface area contributed by atoms with Crippen molar-refractivity contribution in [2.45, 2.75) is 57.8 Å². The van der Waals surface area contributed by atoms with Gasteiger partial charge in [0.25, 0.3) is 17.7 Å². The van der Waals surface area contributed by atoms with Crippen molar-refractivity contribution in [3.8, 4) is 11.5 Å². The SMILES string of the molecule is COc1ccc(CNC(=O)C2N(C(=O)C(O)C(Cc3ccccc3)NC(=O)c3cccc(O)c3C)CC(F)(F)C2(C)C)cc1. The molecule has 1 saturated heterocycles. The Balaban J connectivity index is 1.60. The number of aliphatic hydroxyl groups excluding tert-OH is 1. The number of carbonyl (C=O) groups is 3. The summed E-state index contributed by atoms with van der Waals surface area (Å²) >= 11 is 0. The fourth-order valence-corrected chi connectivity index (χ4v) is 5.37. The monoisotopic (exact) mass is 609 g/mol. The number of carbonyl (C=O) groups excluding carboxylic acids is 3. The van der Waals surface area contributed by atoms with Crippen LogP contribution in [0, 0.1) is 12.3 Å². The fraction of sp³-hybridized carbons (Fsp3) is 0.364. The van der Waals surface area contributed by atoms with Crippen molar-refractivity contribution in [3.05, 3.63) is 95.1 Å². The molecular formula is C33H37F2N3O6. The number of rotatable bonds is 10. The minimum atomic E-state index is -3.46. The Labute approximate surface area is 254 Å². The van der Waals surface area contributed by atoms with Gasteiger partial charge in [-0.05, 0) is 48.7 Å². The van der Waals surface area contributed by atoms with Gasteiger partial charge in [-0.2, -0.15) is 0 Å². The summed E-state index contributed by atoms with van der Waals surface area (Å²) in [5, 5.41) is 26.7. The number of nitrogens with zero attached hydrogens (tertiary/aromatic N) is 1. The van der Waals surface area contributed by atoms with Crippen LogP contribution in [-0.4, -0.2) is 70.6 Å². The molecule has 0 spiro atoms. The maximum atomic E-state index is 15.4. The van der Waals surface area contributed by atoms with E-state index in [1.165, 1.54) is 39.2 Å². The molecule has 3 unspecified atom stereocenters. The molecule has 0 aliphatic carbocycles. The van der Waals surface area contributed by atoms with Crippen LogP contribution in [0.3, 0.4) is 0 Å². The highest BCUT2D eigenvalue weighted by Gasteiger charge is 2.64. The number of hydrogen-bond acceptors (Lipinski definition) is 6. The van der Waals surface area contributed by atoms with E-state index in [-0.39, 0.29) is 24.3 Å². The van der Waals surface area contributed by atoms with Crippen molar-refractivity contribution in [1.82, 2.24) is 15.5 Å². The molecular weight excluding hydrogens is 572 g/mol. The second kappa shape index (κ2) is 13.0. The summed E-state index contributed by atoms with van der Waals surface area (Å²) < 4.78 is 35.8. The van der Waals surface area contributed by atoms with Crippen LogP contribution in [0.25, 0.3) is 0 Å². The van der Waals surface area contributed by atoms with Crippen molar-refractivity contribution in [2.75, 3.05) is 13.7 Å². The molecule has 44 heavy (non-hydrogen) atoms. The molecule has 3 atom stereocenters. The molecule has 4 rings (SSSR count). The number of alkyl halides is 2. The Hall–Kier alpha value is -4.51. The number of methoxy groups -OCH3 is 1. The highest BCUT2D eigenvalue weighted by atomic mass is 19.3. The highest BCUT2D eigenvalue weighted by molar-refractivity contribution is 5.97. The first-order chi connectivity index (χ1) is 20.8. The lowest BCUT2D eigenvalue weighted by Crippen LogP contribution is -2.57. The van der Waals surface area contributed by atoms with E-state index < -0.39 is 53.8 Å². The van der Waals surface area contributed by atoms with Gasteiger partial charge in [0.2, 0.25) is 5.91 Å². The molecule has 3 amide bonds. The number of benzene rings is 3. The zero-order valence-electron chi connectivity index (χ0n) is 25.0. The van der Waals surface area contributed by atoms with Crippen LogP contribution in [-0.2, 0) is 22.6 Å². The van der Waals surface area contributed by atoms with Gasteiger partial charge >= 0.3 is 0 Å². The highest BCUT2D eigenvalue weighted by Crippen LogP contribution is 2.48. The molecule has 3 aromatic carbocycles. The quantitative estimate of drug-likeness (QED) is 0.278. The minimum Gasteiger partial charge on any atom is -0.508 e. The van der Waals surface area contributed by atoms with E-state index in [1.807, 2.05) is 0 Å². The maximum absolute atomic E-state index is 15.4. The van der Waals surface area contributed by atoms with Gasteiger partial charge in [0.05, 0.1) is 25.1 Å². The zero-order chi connectivity index (χ0) is 32.2. The third kappa shape index (κ3) is 6.67. The Kier molecular flexibility index (Phi) is 9.58. The van der Waals surface area contributed by atoms with Gasteiger partial charge in [0, 0.05) is 17.7 Å². The second-order valence-corrected chi connectivity index (χ2v) is 11.5. The molecule has 1 aliphatic heterocycles. The number of likely N-dealkylation sites (tertiary alicyclic amines) is 1. The number of halogens is 2. The molecule has 0 bridgehead atoms. The van der Waals surface area contributed by atoms with Crippen molar-refractivity contribution < 1.29 is 38.1 Å². The summed E-state index contributed by atoms with van der Waals surface area (Å²) in [5.74, 6) is -5.55. The molecule has 0 radical (unpaired) electrons. The lowest BCUT2D eigenvalue weighted by atomic mass is 9.81. The number of hydrogen-bond donors (Lipinski definition) is 4. The van der Waals surface area contributed by atoms with Gasteiger partial charge in [0.1, 0.15) is 17.5 Å². The summed E-state index contributed by atoms with van der Waals surface area (Å²) in [6, 6.07) is 17.1. The van der Waals surface area contributed by atoms with Gasteiger partial charge in [-0.1, -0.05) is 62.4 Å². The van der Waals surface area contributed by atoms with E-state index in [0.717, 1.165) is 0 Å². The van der Waals surface area contributed by atoms with Crippen LogP contribution in [0.2, 0.25) is 0 Å². The molecule has 4 N–H and O–H groups in total. The van der Waals surface area contributed by atoms with E-state index >= 15 is 8.78 Å². The molecule has 1 fully saturated rings. The maximum Gasteiger partial charge on any atom is 0.272 e. The largest absolute Gasteiger partial charge is 0.508 e. The van der Waals surface area contributed by atoms with E-state index in [2.05, 4.69) is 10.6 Å². The first-order valence-corrected chi connectivity index (χ1v) is 14.2. The number of ether oxygens (including phenoxy) is 1. The molecule has 3 aromatic rings. The van der Waals surface area contributed by atoms with E-state index in [9.17, 15) is 24.6 Å². The smallest absolute Gasteiger partial charge is 0.272 e. The standard InChI is InChI=1S/C33H37F2N3O6/c1-20-24(11-8-12-26(20)39)29(41)37-25(17-21-9-6-5-7-10-21)27(40)31(43)38-19-33(34,35)32(2,3)28(38)30(42)36-18-22-13-15-23(44-4)16-14-22/h5-16,25,27-28,39-40H,17-19H2,1-4H3,(H,36,42)(H,37,41). The van der Waals surface area contributed by atoms with Crippen LogP contribution < -0.4 is 15.4 Å². The summed E-state index contributed by atoms with van der Waals surface area (Å²) in [5.41, 5.74) is -0.208. The number of phenolic OH excluding ortho intramolecular Hbond substituents is 1. The number of aliphatic hydroxyl groups is 1. The van der Waals surface area contributed by atoms with Crippen molar-refractivity contribution >= 4 is 17.7 Å². The number of amides is 3. The third-order valence-electron chi connectivity index (χ3n) is 8.26. The number of phenols is 1. The summed E-state index contributed by atoms with van der Waals surface area (Å²) in [6.45, 7) is 2.88. The predicted octanol–water partition coefficient (Wildman–Crippen LogP) is 3.60. The lowest BCUT2D eigenvalue weighted by molar-refractivity contribution is -0.148. The van der Waals surface area contributed by atoms with Gasteiger partial charge in [-0.15, -0.1) is 0 Å². The van der Waals surface area contributed by atoms with Crippen LogP contribution >= 0.6 is 0 Å². The van der Waals surface area contributed by atoms with E-state index in [0.29, 0.717) is 27.3 Å². The number of aromatic hydroxyl groups is 1. The second-order valence-electron chi connectivity index (χ2n) is 11.5. The Morgan fingerprint density at radius 1 is 1.00 bits per heavy atom. The third-order valence-corrected chi connectivity index (χ3v) is 8.26. The van der Waals surface area contributed by atoms with E-state index in [1.54, 1.807) is 61.5 Å². The normalized spacial score (nSPS) is 18.2. The number of nitrogens with one attached hydrogen (secondary N) is 2. The summed E-state index contributed by atoms with van der Waals surface area (Å²) in [7, 11) is 1.52. The lowest BCUT2D eigenvalue weighted by Gasteiger charge is -2.34. The van der Waals surface area contributed by atoms with E-state index in [4.69, 9.17) is 4.74 Å². The van der Waals surface area contributed by atoms with Crippen LogP contribution in [0.1, 0.15) is 40.9 Å². The predicted molar refractivity (Wildman–Crippen MR) is 159 cm³/mol. The van der Waals surface area contributed by atoms with Crippen molar-refractivity contribution in [1.29, 1.82) is 0 Å². The van der Waals surface area contributed by atoms with Crippen LogP contribution in [0.4, 0.5) is 8.78 Å². The average molecular weight is 610 g/mol. The van der Waals surface area contributed by atoms with Gasteiger partial charge in [-0.25, -0.2) is 8.78 Å². The summed E-state index contributed by atoms with van der Waals surface area (Å²) in [6.07, 6.45) is -1.99. The Bertz CT molecular complexity index is 1500. The zero-order valence-corrected chi connectivity index (χ0v) is 25.0. The molecule has 234 valence electrons. The minimum absolute atomic E-state index is 0.0146. The van der Waals surface area contributed by atoms with Crippen LogP contribution in [0.15, 0.2) is 72.8 Å². The molecule has 9 nitrogen and oxygen atoms in total. The molecule has 1 heterocycles. The Morgan fingerprint density at radius 2 is 1.66 bits per heavy atom. The van der Waals surface area contributed by atoms with Gasteiger partial charge < -0.3 is 30.5 Å². The first-order valence-electron chi connectivity index (χ1n) is 14.2. The topological polar surface area (TPSA) is 128 Å². The first kappa shape index (κ1) is 32.4. The summed E-state index contributed by atoms with van der Waals surface area (Å²) in [4.78, 5) is 41.2. The van der Waals surface area contributed by atoms with Crippen LogP contribution in [0.5, 0.6) is 11.5 Å².